The van der Waals surface area contributed by atoms with E-state index in [2.05, 4.69) is 78.2 Å². The first kappa shape index (κ1) is 15.8. The van der Waals surface area contributed by atoms with E-state index in [4.69, 9.17) is 11.6 Å². The lowest BCUT2D eigenvalue weighted by atomic mass is 9.96. The molecule has 3 heteroatoms. The van der Waals surface area contributed by atoms with Crippen LogP contribution in [-0.2, 0) is 0 Å². The minimum atomic E-state index is 0.185. The van der Waals surface area contributed by atoms with Gasteiger partial charge in [0.05, 0.1) is 6.04 Å². The van der Waals surface area contributed by atoms with Crippen molar-refractivity contribution < 1.29 is 0 Å². The highest BCUT2D eigenvalue weighted by Crippen LogP contribution is 2.30. The van der Waals surface area contributed by atoms with Crippen LogP contribution in [0.25, 0.3) is 0 Å². The van der Waals surface area contributed by atoms with Crippen LogP contribution >= 0.6 is 34.2 Å². The quantitative estimate of drug-likeness (QED) is 0.692. The van der Waals surface area contributed by atoms with Gasteiger partial charge in [0.1, 0.15) is 0 Å². The molecule has 0 aliphatic heterocycles. The number of aryl methyl sites for hydroxylation is 2. The molecule has 0 aliphatic carbocycles. The van der Waals surface area contributed by atoms with Crippen molar-refractivity contribution in [3.05, 3.63) is 67.2 Å². The van der Waals surface area contributed by atoms with Crippen LogP contribution in [0.4, 0.5) is 0 Å². The van der Waals surface area contributed by atoms with Gasteiger partial charge >= 0.3 is 0 Å². The van der Waals surface area contributed by atoms with Crippen LogP contribution in [0.2, 0.25) is 5.02 Å². The first-order valence-electron chi connectivity index (χ1n) is 6.79. The van der Waals surface area contributed by atoms with E-state index in [1.165, 1.54) is 20.3 Å². The zero-order valence-electron chi connectivity index (χ0n) is 12.0. The van der Waals surface area contributed by atoms with Crippen molar-refractivity contribution in [3.63, 3.8) is 0 Å². The molecule has 0 heterocycles. The van der Waals surface area contributed by atoms with Crippen molar-refractivity contribution >= 4 is 34.2 Å². The number of hydrogen-bond acceptors (Lipinski definition) is 1. The number of rotatable bonds is 4. The highest BCUT2D eigenvalue weighted by Gasteiger charge is 2.17. The highest BCUT2D eigenvalue weighted by molar-refractivity contribution is 14.1. The molecular weight excluding hydrogens is 381 g/mol. The van der Waals surface area contributed by atoms with Gasteiger partial charge < -0.3 is 5.32 Å². The van der Waals surface area contributed by atoms with Crippen molar-refractivity contribution in [1.82, 2.24) is 5.32 Å². The number of halogens is 2. The van der Waals surface area contributed by atoms with E-state index in [1.807, 2.05) is 6.92 Å². The molecule has 106 valence electrons. The number of nitrogens with one attached hydrogen (secondary N) is 1. The molecule has 0 bridgehead atoms. The molecule has 1 nitrogen and oxygen atoms in total. The van der Waals surface area contributed by atoms with Gasteiger partial charge in [-0.25, -0.2) is 0 Å². The van der Waals surface area contributed by atoms with Crippen LogP contribution in [0.3, 0.4) is 0 Å². The van der Waals surface area contributed by atoms with Crippen LogP contribution < -0.4 is 5.32 Å². The molecule has 0 fully saturated rings. The van der Waals surface area contributed by atoms with Gasteiger partial charge in [-0.3, -0.25) is 0 Å². The average molecular weight is 400 g/mol. The van der Waals surface area contributed by atoms with Crippen LogP contribution in [0.1, 0.15) is 35.2 Å². The fourth-order valence-electron chi connectivity index (χ4n) is 2.29. The summed E-state index contributed by atoms with van der Waals surface area (Å²) in [5.74, 6) is 0. The Morgan fingerprint density at radius 1 is 1.15 bits per heavy atom. The Morgan fingerprint density at radius 3 is 2.55 bits per heavy atom. The SMILES string of the molecule is CCNC(c1ccc(C)c(Cl)c1)c1cccc(C)c1I. The standard InChI is InChI=1S/C17H19ClIN/c1-4-20-17(13-9-8-11(2)15(18)10-13)14-7-5-6-12(3)16(14)19/h5-10,17,20H,4H2,1-3H3. The minimum Gasteiger partial charge on any atom is -0.306 e. The lowest BCUT2D eigenvalue weighted by Gasteiger charge is -2.22. The summed E-state index contributed by atoms with van der Waals surface area (Å²) in [5.41, 5.74) is 4.95. The Bertz CT molecular complexity index is 610. The maximum atomic E-state index is 6.29. The van der Waals surface area contributed by atoms with E-state index in [0.29, 0.717) is 0 Å². The second-order valence-corrected chi connectivity index (χ2v) is 6.46. The Kier molecular flexibility index (Phi) is 5.47. The van der Waals surface area contributed by atoms with Gasteiger partial charge in [-0.05, 0) is 71.3 Å². The summed E-state index contributed by atoms with van der Waals surface area (Å²) in [6.45, 7) is 7.23. The van der Waals surface area contributed by atoms with E-state index in [9.17, 15) is 0 Å². The normalized spacial score (nSPS) is 12.4. The molecule has 1 N–H and O–H groups in total. The molecule has 0 spiro atoms. The van der Waals surface area contributed by atoms with Gasteiger partial charge in [0.2, 0.25) is 0 Å². The molecule has 0 aliphatic rings. The van der Waals surface area contributed by atoms with Gasteiger partial charge in [0, 0.05) is 8.59 Å². The van der Waals surface area contributed by atoms with Crippen molar-refractivity contribution in [2.24, 2.45) is 0 Å². The predicted octanol–water partition coefficient (Wildman–Crippen LogP) is 5.26. The van der Waals surface area contributed by atoms with E-state index in [0.717, 1.165) is 17.1 Å². The molecule has 2 rings (SSSR count). The molecule has 0 aromatic heterocycles. The van der Waals surface area contributed by atoms with E-state index in [1.54, 1.807) is 0 Å². The fourth-order valence-corrected chi connectivity index (χ4v) is 3.15. The Hall–Kier alpha value is -0.580. The number of hydrogen-bond donors (Lipinski definition) is 1. The van der Waals surface area contributed by atoms with Crippen LogP contribution in [0, 0.1) is 17.4 Å². The minimum absolute atomic E-state index is 0.185. The maximum Gasteiger partial charge on any atom is 0.0587 e. The largest absolute Gasteiger partial charge is 0.306 e. The Balaban J connectivity index is 2.50. The molecule has 0 saturated carbocycles. The average Bonchev–Trinajstić information content (AvgIpc) is 2.43. The summed E-state index contributed by atoms with van der Waals surface area (Å²) in [4.78, 5) is 0. The maximum absolute atomic E-state index is 6.29. The van der Waals surface area contributed by atoms with Gasteiger partial charge in [0.15, 0.2) is 0 Å². The third-order valence-corrected chi connectivity index (χ3v) is 5.35. The summed E-state index contributed by atoms with van der Waals surface area (Å²) in [5, 5.41) is 4.39. The van der Waals surface area contributed by atoms with Crippen LogP contribution in [-0.4, -0.2) is 6.54 Å². The summed E-state index contributed by atoms with van der Waals surface area (Å²) >= 11 is 8.72. The lowest BCUT2D eigenvalue weighted by Crippen LogP contribution is -2.23. The topological polar surface area (TPSA) is 12.0 Å². The van der Waals surface area contributed by atoms with Gasteiger partial charge in [-0.15, -0.1) is 0 Å². The first-order valence-corrected chi connectivity index (χ1v) is 8.24. The smallest absolute Gasteiger partial charge is 0.0587 e. The van der Waals surface area contributed by atoms with E-state index < -0.39 is 0 Å². The molecule has 1 atom stereocenters. The number of benzene rings is 2. The highest BCUT2D eigenvalue weighted by atomic mass is 127. The predicted molar refractivity (Wildman–Crippen MR) is 95.6 cm³/mol. The molecule has 0 amide bonds. The molecule has 0 saturated heterocycles. The van der Waals surface area contributed by atoms with E-state index in [-0.39, 0.29) is 6.04 Å². The summed E-state index contributed by atoms with van der Waals surface area (Å²) in [7, 11) is 0. The van der Waals surface area contributed by atoms with Gasteiger partial charge in [-0.1, -0.05) is 48.9 Å². The summed E-state index contributed by atoms with van der Waals surface area (Å²) in [6.07, 6.45) is 0. The van der Waals surface area contributed by atoms with Gasteiger partial charge in [-0.2, -0.15) is 0 Å². The molecular formula is C17H19ClIN. The second-order valence-electron chi connectivity index (χ2n) is 4.98. The fraction of sp³-hybridized carbons (Fsp3) is 0.294. The Labute approximate surface area is 139 Å². The summed E-state index contributed by atoms with van der Waals surface area (Å²) in [6, 6.07) is 13.0. The molecule has 0 radical (unpaired) electrons. The molecule has 1 unspecified atom stereocenters. The first-order chi connectivity index (χ1) is 9.54. The third-order valence-electron chi connectivity index (χ3n) is 3.47. The second kappa shape index (κ2) is 6.92. The Morgan fingerprint density at radius 2 is 1.90 bits per heavy atom. The summed E-state index contributed by atoms with van der Waals surface area (Å²) < 4.78 is 1.31. The van der Waals surface area contributed by atoms with Crippen molar-refractivity contribution in [2.45, 2.75) is 26.8 Å². The monoisotopic (exact) mass is 399 g/mol. The zero-order chi connectivity index (χ0) is 14.7. The molecule has 2 aromatic carbocycles. The van der Waals surface area contributed by atoms with E-state index >= 15 is 0 Å². The zero-order valence-corrected chi connectivity index (χ0v) is 14.9. The van der Waals surface area contributed by atoms with Crippen molar-refractivity contribution in [3.8, 4) is 0 Å². The molecule has 2 aromatic rings. The lowest BCUT2D eigenvalue weighted by molar-refractivity contribution is 0.627. The molecule has 20 heavy (non-hydrogen) atoms. The van der Waals surface area contributed by atoms with Crippen LogP contribution in [0.15, 0.2) is 36.4 Å². The van der Waals surface area contributed by atoms with Gasteiger partial charge in [0.25, 0.3) is 0 Å². The van der Waals surface area contributed by atoms with Crippen molar-refractivity contribution in [1.29, 1.82) is 0 Å². The van der Waals surface area contributed by atoms with Crippen LogP contribution in [0.5, 0.6) is 0 Å². The third kappa shape index (κ3) is 3.35. The van der Waals surface area contributed by atoms with Crippen molar-refractivity contribution in [2.75, 3.05) is 6.54 Å².